The Balaban J connectivity index is 1.73. The number of fused-ring (bicyclic) bond motifs is 1. The van der Waals surface area contributed by atoms with Gasteiger partial charge in [0.1, 0.15) is 20.9 Å². The van der Waals surface area contributed by atoms with Crippen molar-refractivity contribution in [1.82, 2.24) is 14.9 Å². The number of amides is 1. The zero-order chi connectivity index (χ0) is 22.6. The van der Waals surface area contributed by atoms with E-state index >= 15 is 0 Å². The number of halogens is 3. The molecule has 1 fully saturated rings. The average molecular weight is 508 g/mol. The Morgan fingerprint density at radius 1 is 1.35 bits per heavy atom. The lowest BCUT2D eigenvalue weighted by Crippen LogP contribution is -2.43. The van der Waals surface area contributed by atoms with E-state index in [0.717, 1.165) is 0 Å². The fourth-order valence-corrected chi connectivity index (χ4v) is 5.81. The quantitative estimate of drug-likeness (QED) is 0.676. The molecule has 0 spiro atoms. The predicted octanol–water partition coefficient (Wildman–Crippen LogP) is 3.97. The molecule has 0 unspecified atom stereocenters. The molecule has 1 aromatic heterocycles. The molecule has 1 aromatic carbocycles. The molecule has 3 atom stereocenters. The highest BCUT2D eigenvalue weighted by Gasteiger charge is 2.71. The average Bonchev–Trinajstić information content (AvgIpc) is 3.45. The van der Waals surface area contributed by atoms with E-state index in [4.69, 9.17) is 5.73 Å². The minimum absolute atomic E-state index is 0.0643. The van der Waals surface area contributed by atoms with Gasteiger partial charge in [-0.3, -0.25) is 9.79 Å². The van der Waals surface area contributed by atoms with Gasteiger partial charge in [0.05, 0.1) is 17.9 Å². The summed E-state index contributed by atoms with van der Waals surface area (Å²) in [5, 5.41) is 0.239. The summed E-state index contributed by atoms with van der Waals surface area (Å²) in [6.07, 6.45) is 4.50. The fraction of sp³-hybridized carbons (Fsp3) is 0.333. The maximum atomic E-state index is 15.0. The zero-order valence-corrected chi connectivity index (χ0v) is 19.5. The van der Waals surface area contributed by atoms with Gasteiger partial charge in [-0.15, -0.1) is 0 Å². The van der Waals surface area contributed by atoms with E-state index in [0.29, 0.717) is 16.6 Å². The Morgan fingerprint density at radius 3 is 2.74 bits per heavy atom. The maximum absolute atomic E-state index is 15.0. The normalized spacial score (nSPS) is 27.4. The molecular weight excluding hydrogens is 488 g/mol. The van der Waals surface area contributed by atoms with Gasteiger partial charge in [-0.2, -0.15) is 0 Å². The largest absolute Gasteiger partial charge is 0.378 e. The van der Waals surface area contributed by atoms with Crippen LogP contribution in [0, 0.1) is 11.7 Å². The molecule has 2 aliphatic rings. The molecule has 4 rings (SSSR count). The lowest BCUT2D eigenvalue weighted by molar-refractivity contribution is -0.129. The van der Waals surface area contributed by atoms with Crippen molar-refractivity contribution in [3.05, 3.63) is 57.8 Å². The van der Waals surface area contributed by atoms with Crippen LogP contribution in [-0.4, -0.2) is 44.8 Å². The molecule has 2 aromatic rings. The lowest BCUT2D eigenvalue weighted by atomic mass is 9.84. The molecular formula is C21H20BrF2N5OS. The minimum atomic E-state index is -1.04. The lowest BCUT2D eigenvalue weighted by Gasteiger charge is -2.34. The molecule has 10 heteroatoms. The molecule has 0 saturated heterocycles. The van der Waals surface area contributed by atoms with Gasteiger partial charge in [-0.1, -0.05) is 17.8 Å². The van der Waals surface area contributed by atoms with E-state index in [2.05, 4.69) is 30.9 Å². The van der Waals surface area contributed by atoms with Crippen molar-refractivity contribution in [2.45, 2.75) is 23.6 Å². The number of benzene rings is 1. The summed E-state index contributed by atoms with van der Waals surface area (Å²) in [4.78, 5) is 26.8. The molecule has 31 heavy (non-hydrogen) atoms. The number of hydrogen-bond acceptors (Lipinski definition) is 6. The van der Waals surface area contributed by atoms with Crippen molar-refractivity contribution in [3.63, 3.8) is 0 Å². The van der Waals surface area contributed by atoms with Crippen molar-refractivity contribution < 1.29 is 13.6 Å². The first-order chi connectivity index (χ1) is 14.6. The van der Waals surface area contributed by atoms with Gasteiger partial charge in [0.15, 0.2) is 11.0 Å². The van der Waals surface area contributed by atoms with Crippen molar-refractivity contribution in [2.75, 3.05) is 14.1 Å². The van der Waals surface area contributed by atoms with E-state index in [9.17, 15) is 13.6 Å². The Labute approximate surface area is 191 Å². The summed E-state index contributed by atoms with van der Waals surface area (Å²) in [7, 11) is 3.37. The van der Waals surface area contributed by atoms with Crippen LogP contribution in [0.3, 0.4) is 0 Å². The number of rotatable bonds is 4. The van der Waals surface area contributed by atoms with E-state index in [1.807, 2.05) is 0 Å². The summed E-state index contributed by atoms with van der Waals surface area (Å²) in [6.45, 7) is 1.78. The second-order valence-corrected chi connectivity index (χ2v) is 10.2. The van der Waals surface area contributed by atoms with Crippen molar-refractivity contribution in [3.8, 4) is 0 Å². The highest BCUT2D eigenvalue weighted by atomic mass is 79.9. The number of carbonyl (C=O) groups is 1. The van der Waals surface area contributed by atoms with Crippen LogP contribution in [0.4, 0.5) is 8.78 Å². The number of thioether (sulfide) groups is 1. The third-order valence-corrected chi connectivity index (χ3v) is 7.38. The highest BCUT2D eigenvalue weighted by Crippen LogP contribution is 2.66. The van der Waals surface area contributed by atoms with Gasteiger partial charge in [0, 0.05) is 25.6 Å². The Hall–Kier alpha value is -2.33. The van der Waals surface area contributed by atoms with Gasteiger partial charge in [-0.25, -0.2) is 18.7 Å². The van der Waals surface area contributed by atoms with Crippen LogP contribution in [-0.2, 0) is 10.3 Å². The molecule has 0 radical (unpaired) electrons. The summed E-state index contributed by atoms with van der Waals surface area (Å²) in [5.74, 6) is -1.37. The molecule has 1 amide bonds. The monoisotopic (exact) mass is 507 g/mol. The van der Waals surface area contributed by atoms with Crippen LogP contribution in [0.1, 0.15) is 30.2 Å². The van der Waals surface area contributed by atoms with Crippen LogP contribution in [0.15, 0.2) is 40.2 Å². The topological polar surface area (TPSA) is 84.5 Å². The van der Waals surface area contributed by atoms with Crippen molar-refractivity contribution >= 4 is 50.7 Å². The first-order valence-corrected chi connectivity index (χ1v) is 11.1. The van der Waals surface area contributed by atoms with Gasteiger partial charge in [-0.05, 0) is 53.0 Å². The second-order valence-electron chi connectivity index (χ2n) is 8.00. The molecule has 1 saturated carbocycles. The zero-order valence-electron chi connectivity index (χ0n) is 17.1. The van der Waals surface area contributed by atoms with Crippen LogP contribution in [0.25, 0.3) is 11.9 Å². The van der Waals surface area contributed by atoms with E-state index < -0.39 is 21.9 Å². The Kier molecular flexibility index (Phi) is 5.41. The number of aromatic nitrogens is 2. The van der Waals surface area contributed by atoms with Gasteiger partial charge in [0.25, 0.3) is 0 Å². The van der Waals surface area contributed by atoms with Gasteiger partial charge in [0.2, 0.25) is 5.91 Å². The first kappa shape index (κ1) is 21.9. The molecule has 2 N–H and O–H groups in total. The number of carbonyl (C=O) groups excluding carboxylic acids is 1. The summed E-state index contributed by atoms with van der Waals surface area (Å²) in [5.41, 5.74) is 5.82. The number of amidine groups is 1. The van der Waals surface area contributed by atoms with E-state index in [-0.39, 0.29) is 28.3 Å². The third-order valence-electron chi connectivity index (χ3n) is 5.68. The molecule has 6 nitrogen and oxygen atoms in total. The van der Waals surface area contributed by atoms with E-state index in [1.165, 1.54) is 47.3 Å². The molecule has 1 aliphatic carbocycles. The molecule has 2 heterocycles. The third kappa shape index (κ3) is 3.76. The highest BCUT2D eigenvalue weighted by molar-refractivity contribution is 9.10. The molecule has 162 valence electrons. The van der Waals surface area contributed by atoms with Gasteiger partial charge >= 0.3 is 0 Å². The number of aliphatic imine (C=N–C) groups is 1. The number of nitrogens with zero attached hydrogens (tertiary/aromatic N) is 4. The molecule has 1 aliphatic heterocycles. The first-order valence-electron chi connectivity index (χ1n) is 9.48. The minimum Gasteiger partial charge on any atom is -0.378 e. The smallest absolute Gasteiger partial charge is 0.239 e. The number of hydrogen-bond donors (Lipinski definition) is 1. The van der Waals surface area contributed by atoms with Crippen LogP contribution < -0.4 is 5.73 Å². The summed E-state index contributed by atoms with van der Waals surface area (Å²) in [6, 6.07) is 4.30. The van der Waals surface area contributed by atoms with Crippen LogP contribution >= 0.6 is 27.7 Å². The Bertz CT molecular complexity index is 1120. The summed E-state index contributed by atoms with van der Waals surface area (Å²) < 4.78 is 29.4. The fourth-order valence-electron chi connectivity index (χ4n) is 4.11. The number of nitrogens with two attached hydrogens (primary N) is 1. The molecule has 0 bridgehead atoms. The van der Waals surface area contributed by atoms with E-state index in [1.54, 1.807) is 27.1 Å². The van der Waals surface area contributed by atoms with Crippen molar-refractivity contribution in [2.24, 2.45) is 16.6 Å². The maximum Gasteiger partial charge on any atom is 0.239 e. The summed E-state index contributed by atoms with van der Waals surface area (Å²) >= 11 is 4.40. The standard InChI is InChI=1S/C21H20BrF2N5OS/c1-20(16-8-21(16,18(30)29(2)3)31-19(25)28-20)12-6-11(4-5-13(12)23)7-14(24)15-9-27-17(22)10-26-15/h4-7,9-10,16H,8H2,1-3H3,(H2,25,28)/b14-7-/t16-,20+,21-/m0/s1. The van der Waals surface area contributed by atoms with Crippen LogP contribution in [0.5, 0.6) is 0 Å². The SMILES string of the molecule is CN(C)C(=O)[C@]12C[C@H]1[C@@](C)(c1cc(/C=C(\F)c3cnc(Br)cn3)ccc1F)N=C(N)S2. The van der Waals surface area contributed by atoms with Crippen LogP contribution in [0.2, 0.25) is 0 Å². The predicted molar refractivity (Wildman–Crippen MR) is 121 cm³/mol. The van der Waals surface area contributed by atoms with Gasteiger partial charge < -0.3 is 10.6 Å². The Morgan fingerprint density at radius 2 is 2.10 bits per heavy atom. The second kappa shape index (κ2) is 7.67. The van der Waals surface area contributed by atoms with Crippen molar-refractivity contribution in [1.29, 1.82) is 0 Å².